The second-order valence-corrected chi connectivity index (χ2v) is 15.9. The molecule has 0 atom stereocenters. The molecule has 0 spiro atoms. The Balaban J connectivity index is 0.688. The van der Waals surface area contributed by atoms with Gasteiger partial charge < -0.3 is 9.47 Å². The predicted octanol–water partition coefficient (Wildman–Crippen LogP) is 16.1. The molecule has 6 rings (SSSR count). The Morgan fingerprint density at radius 2 is 0.825 bits per heavy atom. The molecule has 0 heterocycles. The highest BCUT2D eigenvalue weighted by atomic mass is 32.2. The number of azo groups is 2. The molecule has 0 unspecified atom stereocenters. The van der Waals surface area contributed by atoms with Crippen molar-refractivity contribution in [3.8, 4) is 11.5 Å². The molecule has 0 bridgehead atoms. The highest BCUT2D eigenvalue weighted by molar-refractivity contribution is 7.99. The van der Waals surface area contributed by atoms with Crippen molar-refractivity contribution in [3.63, 3.8) is 0 Å². The minimum absolute atomic E-state index is 0.764. The molecule has 4 aromatic rings. The highest BCUT2D eigenvalue weighted by Crippen LogP contribution is 2.29. The van der Waals surface area contributed by atoms with E-state index in [-0.39, 0.29) is 0 Å². The fourth-order valence-electron chi connectivity index (χ4n) is 6.82. The Morgan fingerprint density at radius 3 is 1.25 bits per heavy atom. The molecule has 0 fully saturated rings. The number of allylic oxidation sites excluding steroid dienone is 8. The van der Waals surface area contributed by atoms with Crippen LogP contribution in [-0.4, -0.2) is 24.7 Å². The normalized spacial score (nSPS) is 13.5. The van der Waals surface area contributed by atoms with E-state index in [1.54, 1.807) is 0 Å². The van der Waals surface area contributed by atoms with Gasteiger partial charge >= 0.3 is 0 Å². The van der Waals surface area contributed by atoms with Crippen molar-refractivity contribution >= 4 is 45.7 Å². The first-order chi connectivity index (χ1) is 28.3. The zero-order chi connectivity index (χ0) is 39.0. The number of thioether (sulfide) groups is 1. The van der Waals surface area contributed by atoms with Crippen LogP contribution in [0.3, 0.4) is 0 Å². The summed E-state index contributed by atoms with van der Waals surface area (Å²) in [5.74, 6) is 4.38. The second-order valence-electron chi connectivity index (χ2n) is 14.7. The third-order valence-corrected chi connectivity index (χ3v) is 11.3. The van der Waals surface area contributed by atoms with Gasteiger partial charge in [-0.2, -0.15) is 32.2 Å². The Morgan fingerprint density at radius 1 is 0.421 bits per heavy atom. The molecule has 2 aliphatic rings. The van der Waals surface area contributed by atoms with Crippen molar-refractivity contribution in [2.24, 2.45) is 20.5 Å². The van der Waals surface area contributed by atoms with Crippen molar-refractivity contribution in [1.29, 1.82) is 0 Å². The van der Waals surface area contributed by atoms with Gasteiger partial charge in [0.2, 0.25) is 0 Å². The van der Waals surface area contributed by atoms with Gasteiger partial charge in [-0.15, -0.1) is 0 Å². The monoisotopic (exact) mass is 778 g/mol. The van der Waals surface area contributed by atoms with Gasteiger partial charge in [0.05, 0.1) is 36.0 Å². The Kier molecular flexibility index (Phi) is 18.0. The Hall–Kier alpha value is -5.01. The summed E-state index contributed by atoms with van der Waals surface area (Å²) in [6, 6.07) is 32.3. The lowest BCUT2D eigenvalue weighted by atomic mass is 10.1. The largest absolute Gasteiger partial charge is 0.494 e. The first kappa shape index (κ1) is 41.6. The van der Waals surface area contributed by atoms with Crippen LogP contribution in [0.25, 0.3) is 11.1 Å². The fraction of sp³-hybridized carbons (Fsp3) is 0.360. The summed E-state index contributed by atoms with van der Waals surface area (Å²) in [6.07, 6.45) is 30.1. The quantitative estimate of drug-likeness (QED) is 0.0471. The number of unbranched alkanes of at least 4 members (excludes halogenated alkanes) is 10. The van der Waals surface area contributed by atoms with Crippen LogP contribution in [0.2, 0.25) is 0 Å². The second kappa shape index (κ2) is 24.6. The molecule has 0 amide bonds. The molecule has 7 heteroatoms. The van der Waals surface area contributed by atoms with E-state index in [1.807, 2.05) is 72.8 Å². The number of ether oxygens (including phenoxy) is 2. The first-order valence-electron chi connectivity index (χ1n) is 21.1. The van der Waals surface area contributed by atoms with Crippen LogP contribution in [0.4, 0.5) is 22.7 Å². The van der Waals surface area contributed by atoms with Crippen LogP contribution in [0.5, 0.6) is 11.5 Å². The van der Waals surface area contributed by atoms with Gasteiger partial charge in [0, 0.05) is 0 Å². The number of hydrogen-bond donors (Lipinski definition) is 0. The molecule has 2 aliphatic carbocycles. The molecule has 0 aromatic heterocycles. The lowest BCUT2D eigenvalue weighted by molar-refractivity contribution is 0.304. The summed E-state index contributed by atoms with van der Waals surface area (Å²) in [6.45, 7) is 1.53. The van der Waals surface area contributed by atoms with Gasteiger partial charge in [0.15, 0.2) is 0 Å². The van der Waals surface area contributed by atoms with E-state index in [9.17, 15) is 0 Å². The smallest absolute Gasteiger partial charge is 0.119 e. The van der Waals surface area contributed by atoms with E-state index in [2.05, 4.69) is 92.9 Å². The van der Waals surface area contributed by atoms with Gasteiger partial charge in [0.1, 0.15) is 11.5 Å². The highest BCUT2D eigenvalue weighted by Gasteiger charge is 2.06. The van der Waals surface area contributed by atoms with Crippen molar-refractivity contribution in [3.05, 3.63) is 145 Å². The molecule has 0 saturated carbocycles. The molecule has 0 saturated heterocycles. The van der Waals surface area contributed by atoms with Crippen molar-refractivity contribution in [2.45, 2.75) is 89.9 Å². The van der Waals surface area contributed by atoms with Crippen molar-refractivity contribution in [1.82, 2.24) is 0 Å². The maximum Gasteiger partial charge on any atom is 0.119 e. The molecule has 4 aromatic carbocycles. The van der Waals surface area contributed by atoms with Crippen molar-refractivity contribution in [2.75, 3.05) is 24.7 Å². The third-order valence-electron chi connectivity index (χ3n) is 10.1. The molecule has 296 valence electrons. The topological polar surface area (TPSA) is 67.9 Å². The number of hydrogen-bond acceptors (Lipinski definition) is 7. The SMILES string of the molecule is C1=CCC(c2cccc(N=Nc3ccc(OCCCCCCCCSCCCCCCCCOc4ccc(N=Nc5cccc(C6=CC=CC6)c5)cc4)cc3)c2)=C1. The number of nitrogens with zero attached hydrogens (tertiary/aromatic N) is 4. The van der Waals surface area contributed by atoms with E-state index in [0.717, 1.165) is 73.1 Å². The van der Waals surface area contributed by atoms with Crippen LogP contribution in [0, 0.1) is 0 Å². The van der Waals surface area contributed by atoms with E-state index in [1.165, 1.54) is 98.0 Å². The minimum Gasteiger partial charge on any atom is -0.494 e. The van der Waals surface area contributed by atoms with Crippen molar-refractivity contribution < 1.29 is 9.47 Å². The first-order valence-corrected chi connectivity index (χ1v) is 22.2. The third kappa shape index (κ3) is 15.5. The summed E-state index contributed by atoms with van der Waals surface area (Å²) >= 11 is 2.13. The van der Waals surface area contributed by atoms with Crippen LogP contribution < -0.4 is 9.47 Å². The maximum atomic E-state index is 5.97. The molecular formula is C50H58N4O2S. The van der Waals surface area contributed by atoms with Crippen LogP contribution >= 0.6 is 11.8 Å². The molecule has 57 heavy (non-hydrogen) atoms. The zero-order valence-corrected chi connectivity index (χ0v) is 34.3. The van der Waals surface area contributed by atoms with Crippen LogP contribution in [0.15, 0.2) is 154 Å². The summed E-state index contributed by atoms with van der Waals surface area (Å²) in [5, 5.41) is 17.7. The van der Waals surface area contributed by atoms with E-state index in [0.29, 0.717) is 0 Å². The zero-order valence-electron chi connectivity index (χ0n) is 33.4. The molecule has 0 radical (unpaired) electrons. The number of rotatable bonds is 26. The predicted molar refractivity (Wildman–Crippen MR) is 241 cm³/mol. The van der Waals surface area contributed by atoms with E-state index >= 15 is 0 Å². The molecule has 0 N–H and O–H groups in total. The van der Waals surface area contributed by atoms with Crippen LogP contribution in [0.1, 0.15) is 101 Å². The summed E-state index contributed by atoms with van der Waals surface area (Å²) in [4.78, 5) is 0. The van der Waals surface area contributed by atoms with E-state index < -0.39 is 0 Å². The molecule has 6 nitrogen and oxygen atoms in total. The minimum atomic E-state index is 0.764. The van der Waals surface area contributed by atoms with E-state index in [4.69, 9.17) is 9.47 Å². The standard InChI is InChI=1S/C50H58N4O2S/c1(5-13-35-55-49-31-27-45(28-32-49)51-53-47-25-17-23-43(39-47)41-19-9-10-20-41)3-7-15-37-57-38-16-8-4-2-6-14-36-56-50-33-29-46(30-34-50)52-54-48-26-18-24-44(40-48)42-21-11-12-22-42/h9-12,17-19,21,23-34,39-40H,1-8,13-16,20,22,35-38H2. The summed E-state index contributed by atoms with van der Waals surface area (Å²) < 4.78 is 11.9. The van der Waals surface area contributed by atoms with Gasteiger partial charge in [-0.3, -0.25) is 0 Å². The molecule has 0 aliphatic heterocycles. The summed E-state index contributed by atoms with van der Waals surface area (Å²) in [7, 11) is 0. The number of benzene rings is 4. The van der Waals surface area contributed by atoms with Gasteiger partial charge in [-0.25, -0.2) is 0 Å². The van der Waals surface area contributed by atoms with Gasteiger partial charge in [-0.05, 0) is 145 Å². The van der Waals surface area contributed by atoms with Gasteiger partial charge in [0.25, 0.3) is 0 Å². The summed E-state index contributed by atoms with van der Waals surface area (Å²) in [5.41, 5.74) is 8.43. The van der Waals surface area contributed by atoms with Crippen LogP contribution in [-0.2, 0) is 0 Å². The maximum absolute atomic E-state index is 5.97. The Bertz CT molecular complexity index is 1840. The average molecular weight is 779 g/mol. The molecular weight excluding hydrogens is 721 g/mol. The lowest BCUT2D eigenvalue weighted by Crippen LogP contribution is -1.97. The van der Waals surface area contributed by atoms with Gasteiger partial charge in [-0.1, -0.05) is 112 Å². The average Bonchev–Trinajstić information content (AvgIpc) is 4.01. The lowest BCUT2D eigenvalue weighted by Gasteiger charge is -2.07. The Labute approximate surface area is 345 Å². The fourth-order valence-corrected chi connectivity index (χ4v) is 7.84.